The standard InChI is InChI=1S/C13H7ClF3NO3/c14-11-5-8(12(19)20)9(6-18-11)7-3-1-2-4-10(7)21-13(15,16)17/h1-6H,(H,19,20). The highest BCUT2D eigenvalue weighted by Gasteiger charge is 2.32. The molecule has 0 unspecified atom stereocenters. The van der Waals surface area contributed by atoms with E-state index in [9.17, 15) is 18.0 Å². The van der Waals surface area contributed by atoms with Crippen molar-refractivity contribution in [1.29, 1.82) is 0 Å². The third-order valence-corrected chi connectivity index (χ3v) is 2.71. The predicted molar refractivity (Wildman–Crippen MR) is 68.3 cm³/mol. The summed E-state index contributed by atoms with van der Waals surface area (Å²) in [6.45, 7) is 0. The molecule has 0 amide bonds. The molecule has 0 aliphatic carbocycles. The second kappa shape index (κ2) is 5.61. The van der Waals surface area contributed by atoms with Crippen molar-refractivity contribution in [3.63, 3.8) is 0 Å². The minimum absolute atomic E-state index is 0.0215. The summed E-state index contributed by atoms with van der Waals surface area (Å²) in [5.41, 5.74) is -0.337. The molecule has 1 N–H and O–H groups in total. The van der Waals surface area contributed by atoms with Gasteiger partial charge in [0.15, 0.2) is 0 Å². The SMILES string of the molecule is O=C(O)c1cc(Cl)ncc1-c1ccccc1OC(F)(F)F. The highest BCUT2D eigenvalue weighted by Crippen LogP contribution is 2.35. The van der Waals surface area contributed by atoms with E-state index in [1.165, 1.54) is 18.2 Å². The minimum Gasteiger partial charge on any atom is -0.478 e. The summed E-state index contributed by atoms with van der Waals surface area (Å²) in [5.74, 6) is -1.85. The van der Waals surface area contributed by atoms with E-state index in [0.29, 0.717) is 0 Å². The molecular weight excluding hydrogens is 311 g/mol. The van der Waals surface area contributed by atoms with Crippen LogP contribution in [-0.2, 0) is 0 Å². The Morgan fingerprint density at radius 1 is 1.24 bits per heavy atom. The van der Waals surface area contributed by atoms with Crippen LogP contribution in [0.4, 0.5) is 13.2 Å². The Hall–Kier alpha value is -2.28. The number of aromatic carboxylic acids is 1. The summed E-state index contributed by atoms with van der Waals surface area (Å²) in [7, 11) is 0. The van der Waals surface area contributed by atoms with Gasteiger partial charge in [-0.15, -0.1) is 13.2 Å². The summed E-state index contributed by atoms with van der Waals surface area (Å²) >= 11 is 5.61. The van der Waals surface area contributed by atoms with Gasteiger partial charge in [-0.3, -0.25) is 0 Å². The molecule has 8 heteroatoms. The van der Waals surface area contributed by atoms with Gasteiger partial charge in [-0.25, -0.2) is 9.78 Å². The molecule has 0 aliphatic rings. The van der Waals surface area contributed by atoms with Crippen molar-refractivity contribution in [3.05, 3.63) is 47.2 Å². The zero-order chi connectivity index (χ0) is 15.6. The lowest BCUT2D eigenvalue weighted by atomic mass is 10.0. The van der Waals surface area contributed by atoms with E-state index in [4.69, 9.17) is 16.7 Å². The normalized spacial score (nSPS) is 11.2. The smallest absolute Gasteiger partial charge is 0.478 e. The molecule has 1 aromatic carbocycles. The molecule has 1 aromatic heterocycles. The van der Waals surface area contributed by atoms with Gasteiger partial charge in [0, 0.05) is 17.3 Å². The molecule has 0 saturated carbocycles. The molecule has 110 valence electrons. The lowest BCUT2D eigenvalue weighted by molar-refractivity contribution is -0.274. The largest absolute Gasteiger partial charge is 0.573 e. The first-order valence-corrected chi connectivity index (χ1v) is 5.90. The molecule has 4 nitrogen and oxygen atoms in total. The Balaban J connectivity index is 2.60. The quantitative estimate of drug-likeness (QED) is 0.869. The summed E-state index contributed by atoms with van der Waals surface area (Å²) in [4.78, 5) is 14.9. The second-order valence-corrected chi connectivity index (χ2v) is 4.29. The molecule has 2 aromatic rings. The Kier molecular flexibility index (Phi) is 4.04. The van der Waals surface area contributed by atoms with Crippen molar-refractivity contribution in [2.24, 2.45) is 0 Å². The number of carboxylic acids is 1. The van der Waals surface area contributed by atoms with E-state index >= 15 is 0 Å². The van der Waals surface area contributed by atoms with E-state index < -0.39 is 18.1 Å². The van der Waals surface area contributed by atoms with Crippen molar-refractivity contribution in [2.45, 2.75) is 6.36 Å². The first kappa shape index (κ1) is 15.1. The lowest BCUT2D eigenvalue weighted by Gasteiger charge is -2.14. The molecule has 0 fully saturated rings. The maximum absolute atomic E-state index is 12.4. The first-order valence-electron chi connectivity index (χ1n) is 5.52. The van der Waals surface area contributed by atoms with Crippen LogP contribution in [0.1, 0.15) is 10.4 Å². The van der Waals surface area contributed by atoms with Crippen molar-refractivity contribution < 1.29 is 27.8 Å². The molecule has 2 rings (SSSR count). The Bertz CT molecular complexity index is 689. The fourth-order valence-corrected chi connectivity index (χ4v) is 1.88. The Morgan fingerprint density at radius 3 is 2.52 bits per heavy atom. The number of nitrogens with zero attached hydrogens (tertiary/aromatic N) is 1. The fourth-order valence-electron chi connectivity index (χ4n) is 1.72. The molecular formula is C13H7ClF3NO3. The van der Waals surface area contributed by atoms with E-state index in [-0.39, 0.29) is 21.8 Å². The molecule has 0 bridgehead atoms. The number of hydrogen-bond acceptors (Lipinski definition) is 3. The molecule has 0 aliphatic heterocycles. The van der Waals surface area contributed by atoms with Crippen LogP contribution < -0.4 is 4.74 Å². The molecule has 21 heavy (non-hydrogen) atoms. The first-order chi connectivity index (χ1) is 9.78. The van der Waals surface area contributed by atoms with Gasteiger partial charge in [0.1, 0.15) is 10.9 Å². The van der Waals surface area contributed by atoms with Crippen LogP contribution in [0.5, 0.6) is 5.75 Å². The number of para-hydroxylation sites is 1. The van der Waals surface area contributed by atoms with Crippen molar-refractivity contribution in [1.82, 2.24) is 4.98 Å². The number of alkyl halides is 3. The van der Waals surface area contributed by atoms with Crippen LogP contribution in [0, 0.1) is 0 Å². The molecule has 1 heterocycles. The van der Waals surface area contributed by atoms with Gasteiger partial charge in [0.25, 0.3) is 0 Å². The summed E-state index contributed by atoms with van der Waals surface area (Å²) in [6.07, 6.45) is -3.80. The third kappa shape index (κ3) is 3.63. The van der Waals surface area contributed by atoms with Crippen LogP contribution in [0.25, 0.3) is 11.1 Å². The zero-order valence-electron chi connectivity index (χ0n) is 10.2. The van der Waals surface area contributed by atoms with E-state index in [0.717, 1.165) is 18.3 Å². The molecule has 0 saturated heterocycles. The van der Waals surface area contributed by atoms with Gasteiger partial charge in [0.05, 0.1) is 5.56 Å². The van der Waals surface area contributed by atoms with Crippen LogP contribution in [0.15, 0.2) is 36.5 Å². The lowest BCUT2D eigenvalue weighted by Crippen LogP contribution is -2.17. The van der Waals surface area contributed by atoms with Gasteiger partial charge in [-0.2, -0.15) is 0 Å². The average Bonchev–Trinajstić information content (AvgIpc) is 2.37. The highest BCUT2D eigenvalue weighted by molar-refractivity contribution is 6.29. The van der Waals surface area contributed by atoms with Gasteiger partial charge in [-0.1, -0.05) is 29.8 Å². The summed E-state index contributed by atoms with van der Waals surface area (Å²) in [5, 5.41) is 9.05. The highest BCUT2D eigenvalue weighted by atomic mass is 35.5. The van der Waals surface area contributed by atoms with Crippen molar-refractivity contribution in [2.75, 3.05) is 0 Å². The number of pyridine rings is 1. The van der Waals surface area contributed by atoms with Gasteiger partial charge < -0.3 is 9.84 Å². The summed E-state index contributed by atoms with van der Waals surface area (Å²) < 4.78 is 41.1. The van der Waals surface area contributed by atoms with Gasteiger partial charge >= 0.3 is 12.3 Å². The Morgan fingerprint density at radius 2 is 1.90 bits per heavy atom. The second-order valence-electron chi connectivity index (χ2n) is 3.90. The molecule has 0 spiro atoms. The van der Waals surface area contributed by atoms with E-state index in [1.807, 2.05) is 0 Å². The number of aromatic nitrogens is 1. The summed E-state index contributed by atoms with van der Waals surface area (Å²) in [6, 6.07) is 6.25. The zero-order valence-corrected chi connectivity index (χ0v) is 10.9. The van der Waals surface area contributed by atoms with Crippen LogP contribution in [0.3, 0.4) is 0 Å². The van der Waals surface area contributed by atoms with Crippen molar-refractivity contribution in [3.8, 4) is 16.9 Å². The van der Waals surface area contributed by atoms with E-state index in [2.05, 4.69) is 9.72 Å². The van der Waals surface area contributed by atoms with Crippen LogP contribution >= 0.6 is 11.6 Å². The van der Waals surface area contributed by atoms with E-state index in [1.54, 1.807) is 0 Å². The number of carbonyl (C=O) groups is 1. The van der Waals surface area contributed by atoms with Crippen LogP contribution in [-0.4, -0.2) is 22.4 Å². The maximum atomic E-state index is 12.4. The molecule has 0 atom stereocenters. The van der Waals surface area contributed by atoms with Crippen LogP contribution in [0.2, 0.25) is 5.15 Å². The monoisotopic (exact) mass is 317 g/mol. The fraction of sp³-hybridized carbons (Fsp3) is 0.0769. The predicted octanol–water partition coefficient (Wildman–Crippen LogP) is 4.00. The Labute approximate surface area is 121 Å². The van der Waals surface area contributed by atoms with Gasteiger partial charge in [0.2, 0.25) is 0 Å². The molecule has 0 radical (unpaired) electrons. The maximum Gasteiger partial charge on any atom is 0.573 e. The number of carboxylic acid groups (broad SMARTS) is 1. The minimum atomic E-state index is -4.89. The number of hydrogen-bond donors (Lipinski definition) is 1. The van der Waals surface area contributed by atoms with Crippen molar-refractivity contribution >= 4 is 17.6 Å². The number of benzene rings is 1. The number of halogens is 4. The average molecular weight is 318 g/mol. The number of ether oxygens (including phenoxy) is 1. The third-order valence-electron chi connectivity index (χ3n) is 2.50. The number of rotatable bonds is 3. The van der Waals surface area contributed by atoms with Gasteiger partial charge in [-0.05, 0) is 12.1 Å². The topological polar surface area (TPSA) is 59.4 Å².